The summed E-state index contributed by atoms with van der Waals surface area (Å²) in [6, 6.07) is 9.36. The number of aromatic nitrogens is 1. The number of methoxy groups -OCH3 is 1. The second-order valence-corrected chi connectivity index (χ2v) is 8.10. The molecule has 0 unspecified atom stereocenters. The molecule has 4 rings (SSSR count). The monoisotopic (exact) mass is 414 g/mol. The summed E-state index contributed by atoms with van der Waals surface area (Å²) in [6.45, 7) is 1.72. The van der Waals surface area contributed by atoms with E-state index in [1.807, 2.05) is 17.5 Å². The van der Waals surface area contributed by atoms with Crippen LogP contribution in [0.25, 0.3) is 6.08 Å². The third kappa shape index (κ3) is 3.04. The summed E-state index contributed by atoms with van der Waals surface area (Å²) in [5.74, 6) is -0.933. The molecule has 1 aliphatic rings. The van der Waals surface area contributed by atoms with Gasteiger partial charge in [-0.25, -0.2) is 14.2 Å². The van der Waals surface area contributed by atoms with E-state index in [4.69, 9.17) is 4.74 Å². The molecule has 28 heavy (non-hydrogen) atoms. The van der Waals surface area contributed by atoms with Crippen LogP contribution in [0.1, 0.15) is 23.4 Å². The minimum atomic E-state index is -0.619. The van der Waals surface area contributed by atoms with Crippen molar-refractivity contribution in [2.24, 2.45) is 4.99 Å². The van der Waals surface area contributed by atoms with Gasteiger partial charge in [-0.3, -0.25) is 9.36 Å². The average Bonchev–Trinajstić information content (AvgIpc) is 3.31. The smallest absolute Gasteiger partial charge is 0.338 e. The summed E-state index contributed by atoms with van der Waals surface area (Å²) in [7, 11) is 1.30. The fourth-order valence-electron chi connectivity index (χ4n) is 3.14. The minimum Gasteiger partial charge on any atom is -0.466 e. The Morgan fingerprint density at radius 1 is 1.29 bits per heavy atom. The molecule has 142 valence electrons. The van der Waals surface area contributed by atoms with Gasteiger partial charge in [0, 0.05) is 10.4 Å². The van der Waals surface area contributed by atoms with Gasteiger partial charge in [-0.15, -0.1) is 11.3 Å². The number of carbonyl (C=O) groups excluding carboxylic acids is 1. The minimum absolute atomic E-state index is 0.320. The molecule has 2 aromatic heterocycles. The lowest BCUT2D eigenvalue weighted by atomic mass is 10.0. The Labute approximate surface area is 167 Å². The molecule has 0 N–H and O–H groups in total. The Kier molecular flexibility index (Phi) is 4.82. The molecule has 0 fully saturated rings. The highest BCUT2D eigenvalue weighted by Crippen LogP contribution is 2.32. The highest BCUT2D eigenvalue weighted by molar-refractivity contribution is 7.10. The number of rotatable bonds is 3. The molecule has 1 atom stereocenters. The molecular formula is C20H15FN2O3S2. The van der Waals surface area contributed by atoms with Crippen LogP contribution in [0, 0.1) is 5.82 Å². The molecule has 8 heteroatoms. The van der Waals surface area contributed by atoms with Crippen LogP contribution in [0.3, 0.4) is 0 Å². The van der Waals surface area contributed by atoms with Crippen molar-refractivity contribution in [1.82, 2.24) is 4.57 Å². The maximum Gasteiger partial charge on any atom is 0.338 e. The zero-order valence-corrected chi connectivity index (χ0v) is 16.6. The highest BCUT2D eigenvalue weighted by Gasteiger charge is 2.33. The van der Waals surface area contributed by atoms with Gasteiger partial charge in [0.05, 0.1) is 22.9 Å². The lowest BCUT2D eigenvalue weighted by molar-refractivity contribution is -0.136. The third-order valence-electron chi connectivity index (χ3n) is 4.43. The summed E-state index contributed by atoms with van der Waals surface area (Å²) in [5.41, 5.74) is 0.836. The summed E-state index contributed by atoms with van der Waals surface area (Å²) in [5, 5.41) is 1.88. The third-order valence-corrected chi connectivity index (χ3v) is 6.34. The van der Waals surface area contributed by atoms with Crippen LogP contribution in [0.4, 0.5) is 4.39 Å². The van der Waals surface area contributed by atoms with Crippen LogP contribution < -0.4 is 14.9 Å². The average molecular weight is 414 g/mol. The van der Waals surface area contributed by atoms with Crippen LogP contribution in [0.5, 0.6) is 0 Å². The van der Waals surface area contributed by atoms with Crippen molar-refractivity contribution >= 4 is 34.7 Å². The van der Waals surface area contributed by atoms with E-state index in [9.17, 15) is 14.0 Å². The van der Waals surface area contributed by atoms with Gasteiger partial charge >= 0.3 is 5.97 Å². The number of ether oxygens (including phenoxy) is 1. The van der Waals surface area contributed by atoms with Crippen LogP contribution in [-0.2, 0) is 9.53 Å². The van der Waals surface area contributed by atoms with Crippen LogP contribution in [0.15, 0.2) is 62.8 Å². The molecule has 0 bridgehead atoms. The molecule has 3 aromatic rings. The van der Waals surface area contributed by atoms with Crippen LogP contribution in [-0.4, -0.2) is 17.6 Å². The second kappa shape index (κ2) is 7.29. The van der Waals surface area contributed by atoms with E-state index in [2.05, 4.69) is 4.99 Å². The Morgan fingerprint density at radius 3 is 2.75 bits per heavy atom. The van der Waals surface area contributed by atoms with Gasteiger partial charge in [0.1, 0.15) is 11.9 Å². The van der Waals surface area contributed by atoms with Crippen molar-refractivity contribution in [1.29, 1.82) is 0 Å². The Morgan fingerprint density at radius 2 is 2.07 bits per heavy atom. The second-order valence-electron chi connectivity index (χ2n) is 6.11. The van der Waals surface area contributed by atoms with E-state index < -0.39 is 17.8 Å². The number of halogens is 1. The number of thiophene rings is 1. The highest BCUT2D eigenvalue weighted by atomic mass is 32.1. The van der Waals surface area contributed by atoms with E-state index in [0.29, 0.717) is 26.2 Å². The van der Waals surface area contributed by atoms with Gasteiger partial charge < -0.3 is 4.74 Å². The molecule has 0 aliphatic carbocycles. The van der Waals surface area contributed by atoms with Crippen molar-refractivity contribution in [3.63, 3.8) is 0 Å². The molecule has 1 aromatic carbocycles. The normalized spacial score (nSPS) is 16.7. The van der Waals surface area contributed by atoms with Crippen molar-refractivity contribution < 1.29 is 13.9 Å². The largest absolute Gasteiger partial charge is 0.466 e. The number of allylic oxidation sites excluding steroid dienone is 1. The van der Waals surface area contributed by atoms with Gasteiger partial charge in [0.15, 0.2) is 4.80 Å². The SMILES string of the molecule is COC(=O)C1=C(C)N=c2sc(=Cc3ccccc3F)c(=O)n2[C@@H]1c1cccs1. The predicted molar refractivity (Wildman–Crippen MR) is 107 cm³/mol. The first-order valence-corrected chi connectivity index (χ1v) is 10.1. The number of carbonyl (C=O) groups is 1. The Bertz CT molecular complexity index is 1270. The van der Waals surface area contributed by atoms with E-state index >= 15 is 0 Å². The quantitative estimate of drug-likeness (QED) is 0.619. The molecule has 1 aliphatic heterocycles. The van der Waals surface area contributed by atoms with Crippen LogP contribution >= 0.6 is 22.7 Å². The Hall–Kier alpha value is -2.84. The first-order chi connectivity index (χ1) is 13.5. The predicted octanol–water partition coefficient (Wildman–Crippen LogP) is 2.61. The molecule has 3 heterocycles. The number of thiazole rings is 1. The number of fused-ring (bicyclic) bond motifs is 1. The summed E-state index contributed by atoms with van der Waals surface area (Å²) < 4.78 is 20.8. The molecule has 0 radical (unpaired) electrons. The molecule has 0 spiro atoms. The lowest BCUT2D eigenvalue weighted by Crippen LogP contribution is -2.39. The summed E-state index contributed by atoms with van der Waals surface area (Å²) in [6.07, 6.45) is 1.52. The first-order valence-electron chi connectivity index (χ1n) is 8.40. The number of nitrogens with zero attached hydrogens (tertiary/aromatic N) is 2. The van der Waals surface area contributed by atoms with Crippen LogP contribution in [0.2, 0.25) is 0 Å². The molecule has 0 saturated heterocycles. The molecule has 0 amide bonds. The maximum atomic E-state index is 14.0. The van der Waals surface area contributed by atoms with Gasteiger partial charge in [-0.2, -0.15) is 0 Å². The number of esters is 1. The van der Waals surface area contributed by atoms with E-state index in [1.54, 1.807) is 25.1 Å². The number of benzene rings is 1. The van der Waals surface area contributed by atoms with Crippen molar-refractivity contribution in [2.75, 3.05) is 7.11 Å². The van der Waals surface area contributed by atoms with Crippen molar-refractivity contribution in [3.8, 4) is 0 Å². The number of hydrogen-bond acceptors (Lipinski definition) is 6. The first kappa shape index (κ1) is 18.5. The fraction of sp³-hybridized carbons (Fsp3) is 0.150. The van der Waals surface area contributed by atoms with Gasteiger partial charge in [0.25, 0.3) is 5.56 Å². The summed E-state index contributed by atoms with van der Waals surface area (Å²) >= 11 is 2.61. The van der Waals surface area contributed by atoms with E-state index in [0.717, 1.165) is 4.88 Å². The zero-order valence-electron chi connectivity index (χ0n) is 15.0. The van der Waals surface area contributed by atoms with Gasteiger partial charge in [0.2, 0.25) is 0 Å². The van der Waals surface area contributed by atoms with E-state index in [-0.39, 0.29) is 5.56 Å². The standard InChI is InChI=1S/C20H15FN2O3S2/c1-11-16(19(25)26-2)17(14-8-5-9-27-14)23-18(24)15(28-20(23)22-11)10-12-6-3-4-7-13(12)21/h3-10,17H,1-2H3/t17-/m1/s1. The van der Waals surface area contributed by atoms with Crippen molar-refractivity contribution in [2.45, 2.75) is 13.0 Å². The molecular weight excluding hydrogens is 399 g/mol. The number of hydrogen-bond donors (Lipinski definition) is 0. The molecule has 5 nitrogen and oxygen atoms in total. The maximum absolute atomic E-state index is 14.0. The van der Waals surface area contributed by atoms with Gasteiger partial charge in [-0.05, 0) is 30.5 Å². The van der Waals surface area contributed by atoms with Crippen molar-refractivity contribution in [3.05, 3.63) is 89.0 Å². The van der Waals surface area contributed by atoms with E-state index in [1.165, 1.54) is 46.5 Å². The lowest BCUT2D eigenvalue weighted by Gasteiger charge is -2.22. The topological polar surface area (TPSA) is 60.7 Å². The zero-order chi connectivity index (χ0) is 19.8. The summed E-state index contributed by atoms with van der Waals surface area (Å²) in [4.78, 5) is 31.4. The Balaban J connectivity index is 1.99. The van der Waals surface area contributed by atoms with Gasteiger partial charge in [-0.1, -0.05) is 35.6 Å². The molecule has 0 saturated carbocycles. The fourth-order valence-corrected chi connectivity index (χ4v) is 5.00.